The van der Waals surface area contributed by atoms with Gasteiger partial charge in [0.2, 0.25) is 0 Å². The average Bonchev–Trinajstić information content (AvgIpc) is 2.52. The molecule has 0 radical (unpaired) electrons. The second-order valence-electron chi connectivity index (χ2n) is 4.06. The molecule has 5 heteroatoms. The molecule has 1 aromatic rings. The predicted molar refractivity (Wildman–Crippen MR) is 58.3 cm³/mol. The van der Waals surface area contributed by atoms with Crippen LogP contribution in [0.5, 0.6) is 0 Å². The lowest BCUT2D eigenvalue weighted by Gasteiger charge is -2.15. The van der Waals surface area contributed by atoms with Gasteiger partial charge in [0.05, 0.1) is 0 Å². The van der Waals surface area contributed by atoms with Crippen LogP contribution in [0.4, 0.5) is 0 Å². The van der Waals surface area contributed by atoms with Gasteiger partial charge < -0.3 is 10.5 Å². The summed E-state index contributed by atoms with van der Waals surface area (Å²) in [7, 11) is 3.60. The molecule has 0 fully saturated rings. The second kappa shape index (κ2) is 5.82. The molecule has 1 rings (SSSR count). The van der Waals surface area contributed by atoms with Crippen LogP contribution < -0.4 is 5.73 Å². The third-order valence-electron chi connectivity index (χ3n) is 2.41. The highest BCUT2D eigenvalue weighted by atomic mass is 16.5. The molecular weight excluding hydrogens is 192 g/mol. The van der Waals surface area contributed by atoms with Crippen LogP contribution in [-0.2, 0) is 18.2 Å². The average molecular weight is 212 g/mol. The van der Waals surface area contributed by atoms with Crippen LogP contribution >= 0.6 is 0 Å². The van der Waals surface area contributed by atoms with Crippen molar-refractivity contribution in [1.82, 2.24) is 14.8 Å². The summed E-state index contributed by atoms with van der Waals surface area (Å²) in [6.45, 7) is 2.90. The highest BCUT2D eigenvalue weighted by molar-refractivity contribution is 4.88. The number of hydrogen-bond donors (Lipinski definition) is 1. The van der Waals surface area contributed by atoms with Gasteiger partial charge in [-0.25, -0.2) is 4.98 Å². The molecule has 0 amide bonds. The maximum Gasteiger partial charge on any atom is 0.138 e. The zero-order chi connectivity index (χ0) is 11.3. The topological polar surface area (TPSA) is 66.0 Å². The van der Waals surface area contributed by atoms with Gasteiger partial charge in [-0.3, -0.25) is 4.68 Å². The molecular formula is C10H20N4O. The van der Waals surface area contributed by atoms with Gasteiger partial charge in [-0.1, -0.05) is 6.92 Å². The number of hydrogen-bond acceptors (Lipinski definition) is 4. The van der Waals surface area contributed by atoms with Crippen molar-refractivity contribution in [3.05, 3.63) is 12.2 Å². The van der Waals surface area contributed by atoms with E-state index in [1.165, 1.54) is 0 Å². The molecule has 0 aliphatic heterocycles. The molecule has 0 aliphatic rings. The summed E-state index contributed by atoms with van der Waals surface area (Å²) in [6, 6.07) is 0.123. The molecule has 0 saturated carbocycles. The van der Waals surface area contributed by atoms with Crippen LogP contribution in [0, 0.1) is 5.92 Å². The number of aryl methyl sites for hydroxylation is 1. The molecule has 1 heterocycles. The molecule has 0 aromatic carbocycles. The van der Waals surface area contributed by atoms with Gasteiger partial charge in [0.25, 0.3) is 0 Å². The Labute approximate surface area is 90.6 Å². The summed E-state index contributed by atoms with van der Waals surface area (Å²) in [6.07, 6.45) is 3.27. The summed E-state index contributed by atoms with van der Waals surface area (Å²) >= 11 is 0. The van der Waals surface area contributed by atoms with E-state index in [2.05, 4.69) is 17.0 Å². The summed E-state index contributed by atoms with van der Waals surface area (Å²) in [4.78, 5) is 4.15. The molecule has 2 unspecified atom stereocenters. The monoisotopic (exact) mass is 212 g/mol. The van der Waals surface area contributed by atoms with E-state index >= 15 is 0 Å². The van der Waals surface area contributed by atoms with Crippen molar-refractivity contribution in [3.63, 3.8) is 0 Å². The SMILES string of the molecule is COCC(C)CC(N)Cc1ncnn1C. The molecule has 0 saturated heterocycles. The van der Waals surface area contributed by atoms with Crippen molar-refractivity contribution in [2.24, 2.45) is 18.7 Å². The van der Waals surface area contributed by atoms with E-state index in [1.807, 2.05) is 7.05 Å². The van der Waals surface area contributed by atoms with Crippen LogP contribution in [-0.4, -0.2) is 34.5 Å². The molecule has 2 atom stereocenters. The van der Waals surface area contributed by atoms with Crippen molar-refractivity contribution >= 4 is 0 Å². The summed E-state index contributed by atoms with van der Waals surface area (Å²) in [5, 5.41) is 4.01. The fourth-order valence-corrected chi connectivity index (χ4v) is 1.69. The Morgan fingerprint density at radius 1 is 1.60 bits per heavy atom. The number of methoxy groups -OCH3 is 1. The van der Waals surface area contributed by atoms with Gasteiger partial charge in [0.1, 0.15) is 12.2 Å². The number of nitrogens with zero attached hydrogens (tertiary/aromatic N) is 3. The first-order valence-corrected chi connectivity index (χ1v) is 5.20. The predicted octanol–water partition coefficient (Wildman–Crippen LogP) is 0.357. The lowest BCUT2D eigenvalue weighted by Crippen LogP contribution is -2.28. The van der Waals surface area contributed by atoms with Crippen LogP contribution in [0.25, 0.3) is 0 Å². The Hall–Kier alpha value is -0.940. The third-order valence-corrected chi connectivity index (χ3v) is 2.41. The van der Waals surface area contributed by atoms with E-state index in [-0.39, 0.29) is 6.04 Å². The largest absolute Gasteiger partial charge is 0.384 e. The van der Waals surface area contributed by atoms with Crippen molar-refractivity contribution in [3.8, 4) is 0 Å². The Morgan fingerprint density at radius 2 is 2.33 bits per heavy atom. The first kappa shape index (κ1) is 12.1. The van der Waals surface area contributed by atoms with Gasteiger partial charge in [-0.2, -0.15) is 5.10 Å². The fourth-order valence-electron chi connectivity index (χ4n) is 1.69. The maximum atomic E-state index is 6.03. The van der Waals surface area contributed by atoms with Crippen molar-refractivity contribution in [2.75, 3.05) is 13.7 Å². The zero-order valence-corrected chi connectivity index (χ0v) is 9.68. The molecule has 0 bridgehead atoms. The van der Waals surface area contributed by atoms with E-state index in [0.717, 1.165) is 25.3 Å². The number of rotatable bonds is 6. The smallest absolute Gasteiger partial charge is 0.138 e. The van der Waals surface area contributed by atoms with Crippen molar-refractivity contribution in [1.29, 1.82) is 0 Å². The summed E-state index contributed by atoms with van der Waals surface area (Å²) < 4.78 is 6.84. The van der Waals surface area contributed by atoms with Gasteiger partial charge >= 0.3 is 0 Å². The van der Waals surface area contributed by atoms with E-state index < -0.39 is 0 Å². The Kier molecular flexibility index (Phi) is 4.71. The minimum Gasteiger partial charge on any atom is -0.384 e. The Balaban J connectivity index is 2.36. The molecule has 0 spiro atoms. The molecule has 86 valence electrons. The normalized spacial score (nSPS) is 15.2. The number of aromatic nitrogens is 3. The molecule has 5 nitrogen and oxygen atoms in total. The number of ether oxygens (including phenoxy) is 1. The van der Waals surface area contributed by atoms with Gasteiger partial charge in [0, 0.05) is 33.2 Å². The number of nitrogens with two attached hydrogens (primary N) is 1. The summed E-state index contributed by atoms with van der Waals surface area (Å²) in [5.41, 5.74) is 6.03. The van der Waals surface area contributed by atoms with Crippen LogP contribution in [0.1, 0.15) is 19.2 Å². The second-order valence-corrected chi connectivity index (χ2v) is 4.06. The maximum absolute atomic E-state index is 6.03. The minimum atomic E-state index is 0.123. The van der Waals surface area contributed by atoms with Gasteiger partial charge in [0.15, 0.2) is 0 Å². The fraction of sp³-hybridized carbons (Fsp3) is 0.800. The molecule has 2 N–H and O–H groups in total. The Morgan fingerprint density at radius 3 is 2.87 bits per heavy atom. The molecule has 15 heavy (non-hydrogen) atoms. The third kappa shape index (κ3) is 3.97. The zero-order valence-electron chi connectivity index (χ0n) is 9.68. The quantitative estimate of drug-likeness (QED) is 0.739. The van der Waals surface area contributed by atoms with Crippen molar-refractivity contribution < 1.29 is 4.74 Å². The van der Waals surface area contributed by atoms with Gasteiger partial charge in [-0.05, 0) is 12.3 Å². The van der Waals surface area contributed by atoms with Gasteiger partial charge in [-0.15, -0.1) is 0 Å². The minimum absolute atomic E-state index is 0.123. The van der Waals surface area contributed by atoms with E-state index in [1.54, 1.807) is 18.1 Å². The highest BCUT2D eigenvalue weighted by Crippen LogP contribution is 2.08. The first-order valence-electron chi connectivity index (χ1n) is 5.20. The van der Waals surface area contributed by atoms with Crippen molar-refractivity contribution in [2.45, 2.75) is 25.8 Å². The van der Waals surface area contributed by atoms with E-state index in [0.29, 0.717) is 5.92 Å². The first-order chi connectivity index (χ1) is 7.13. The lowest BCUT2D eigenvalue weighted by molar-refractivity contribution is 0.152. The molecule has 0 aliphatic carbocycles. The van der Waals surface area contributed by atoms with Crippen LogP contribution in [0.2, 0.25) is 0 Å². The molecule has 1 aromatic heterocycles. The lowest BCUT2D eigenvalue weighted by atomic mass is 10.0. The summed E-state index contributed by atoms with van der Waals surface area (Å²) in [5.74, 6) is 1.42. The Bertz CT molecular complexity index is 287. The standard InChI is InChI=1S/C10H20N4O/c1-8(6-15-3)4-9(11)5-10-12-7-13-14(10)2/h7-9H,4-6,11H2,1-3H3. The van der Waals surface area contributed by atoms with Crippen LogP contribution in [0.3, 0.4) is 0 Å². The van der Waals surface area contributed by atoms with Crippen LogP contribution in [0.15, 0.2) is 6.33 Å². The van der Waals surface area contributed by atoms with E-state index in [9.17, 15) is 0 Å². The highest BCUT2D eigenvalue weighted by Gasteiger charge is 2.12. The van der Waals surface area contributed by atoms with E-state index in [4.69, 9.17) is 10.5 Å².